The summed E-state index contributed by atoms with van der Waals surface area (Å²) in [7, 11) is 0. The highest BCUT2D eigenvalue weighted by Crippen LogP contribution is 2.09. The van der Waals surface area contributed by atoms with Crippen molar-refractivity contribution in [1.82, 2.24) is 4.98 Å². The van der Waals surface area contributed by atoms with Crippen LogP contribution in [0.1, 0.15) is 0 Å². The van der Waals surface area contributed by atoms with Crippen LogP contribution in [0.15, 0.2) is 18.3 Å². The number of ether oxygens (including phenoxy) is 1. The van der Waals surface area contributed by atoms with Gasteiger partial charge in [0.2, 0.25) is 5.91 Å². The highest BCUT2D eigenvalue weighted by atomic mass is 35.5. The molecule has 15 heavy (non-hydrogen) atoms. The van der Waals surface area contributed by atoms with Gasteiger partial charge in [-0.2, -0.15) is 0 Å². The fraction of sp³-hybridized carbons (Fsp3) is 0.333. The molecule has 0 saturated carbocycles. The average Bonchev–Trinajstić information content (AvgIpc) is 2.22. The first-order valence-electron chi connectivity index (χ1n) is 4.41. The van der Waals surface area contributed by atoms with Gasteiger partial charge in [0, 0.05) is 6.54 Å². The maximum atomic E-state index is 11.2. The largest absolute Gasteiger partial charge is 0.370 e. The van der Waals surface area contributed by atoms with Crippen molar-refractivity contribution in [2.24, 2.45) is 5.73 Å². The van der Waals surface area contributed by atoms with Crippen LogP contribution in [0.3, 0.4) is 0 Å². The van der Waals surface area contributed by atoms with Gasteiger partial charge in [-0.1, -0.05) is 11.6 Å². The second-order valence-electron chi connectivity index (χ2n) is 2.76. The molecule has 0 atom stereocenters. The van der Waals surface area contributed by atoms with Crippen molar-refractivity contribution in [2.45, 2.75) is 0 Å². The zero-order valence-electron chi connectivity index (χ0n) is 8.07. The highest BCUT2D eigenvalue weighted by molar-refractivity contribution is 6.29. The van der Waals surface area contributed by atoms with Gasteiger partial charge in [-0.25, -0.2) is 4.98 Å². The number of nitrogens with one attached hydrogen (secondary N) is 1. The fourth-order valence-corrected chi connectivity index (χ4v) is 1.01. The number of halogens is 1. The second-order valence-corrected chi connectivity index (χ2v) is 3.15. The minimum Gasteiger partial charge on any atom is -0.370 e. The summed E-state index contributed by atoms with van der Waals surface area (Å²) in [5.41, 5.74) is 5.79. The first kappa shape index (κ1) is 11.9. The second kappa shape index (κ2) is 6.34. The van der Waals surface area contributed by atoms with Gasteiger partial charge in [-0.05, 0) is 12.1 Å². The summed E-state index contributed by atoms with van der Waals surface area (Å²) in [6.07, 6.45) is 1.48. The number of rotatable bonds is 5. The molecule has 1 amide bonds. The van der Waals surface area contributed by atoms with Crippen LogP contribution in [0.4, 0.5) is 5.69 Å². The van der Waals surface area contributed by atoms with E-state index in [-0.39, 0.29) is 12.5 Å². The van der Waals surface area contributed by atoms with Crippen LogP contribution in [0.5, 0.6) is 0 Å². The smallest absolute Gasteiger partial charge is 0.250 e. The van der Waals surface area contributed by atoms with Crippen LogP contribution >= 0.6 is 11.6 Å². The van der Waals surface area contributed by atoms with Gasteiger partial charge in [0.1, 0.15) is 11.8 Å². The Kier molecular flexibility index (Phi) is 5.03. The van der Waals surface area contributed by atoms with E-state index in [1.54, 1.807) is 12.1 Å². The molecule has 6 heteroatoms. The number of carbonyl (C=O) groups excluding carboxylic acids is 1. The normalized spacial score (nSPS) is 10.0. The van der Waals surface area contributed by atoms with E-state index in [9.17, 15) is 4.79 Å². The molecule has 3 N–H and O–H groups in total. The molecule has 0 unspecified atom stereocenters. The molecule has 0 spiro atoms. The van der Waals surface area contributed by atoms with Crippen LogP contribution in [0.2, 0.25) is 5.15 Å². The molecule has 1 rings (SSSR count). The summed E-state index contributed by atoms with van der Waals surface area (Å²) in [6, 6.07) is 3.26. The molecule has 0 bridgehead atoms. The molecule has 82 valence electrons. The van der Waals surface area contributed by atoms with Gasteiger partial charge in [0.25, 0.3) is 0 Å². The molecular weight excluding hydrogens is 218 g/mol. The highest BCUT2D eigenvalue weighted by Gasteiger charge is 2.01. The topological polar surface area (TPSA) is 77.2 Å². The van der Waals surface area contributed by atoms with Gasteiger partial charge in [0.05, 0.1) is 18.5 Å². The maximum Gasteiger partial charge on any atom is 0.250 e. The lowest BCUT2D eigenvalue weighted by atomic mass is 10.4. The van der Waals surface area contributed by atoms with E-state index in [1.165, 1.54) is 6.20 Å². The molecular formula is C9H12ClN3O2. The van der Waals surface area contributed by atoms with Crippen LogP contribution in [0, 0.1) is 0 Å². The summed E-state index contributed by atoms with van der Waals surface area (Å²) in [5.74, 6) is -0.243. The molecule has 0 aliphatic carbocycles. The number of hydrogen-bond acceptors (Lipinski definition) is 4. The quantitative estimate of drug-likeness (QED) is 0.574. The Balaban J connectivity index is 2.34. The summed E-state index contributed by atoms with van der Waals surface area (Å²) in [4.78, 5) is 15.1. The Bertz CT molecular complexity index is 316. The van der Waals surface area contributed by atoms with Crippen molar-refractivity contribution in [3.63, 3.8) is 0 Å². The van der Waals surface area contributed by atoms with E-state index in [2.05, 4.69) is 10.3 Å². The third kappa shape index (κ3) is 4.73. The molecule has 1 heterocycles. The van der Waals surface area contributed by atoms with Gasteiger partial charge in [-0.15, -0.1) is 0 Å². The van der Waals surface area contributed by atoms with E-state index < -0.39 is 0 Å². The third-order valence-corrected chi connectivity index (χ3v) is 1.73. The van der Waals surface area contributed by atoms with Crippen LogP contribution in [-0.2, 0) is 9.53 Å². The lowest BCUT2D eigenvalue weighted by Gasteiger charge is -2.04. The van der Waals surface area contributed by atoms with Crippen molar-refractivity contribution in [1.29, 1.82) is 0 Å². The zero-order chi connectivity index (χ0) is 11.1. The Morgan fingerprint density at radius 3 is 3.00 bits per heavy atom. The fourth-order valence-electron chi connectivity index (χ4n) is 0.895. The summed E-state index contributed by atoms with van der Waals surface area (Å²) in [6.45, 7) is 0.752. The third-order valence-electron chi connectivity index (χ3n) is 1.51. The number of carbonyl (C=O) groups is 1. The van der Waals surface area contributed by atoms with Crippen LogP contribution in [0.25, 0.3) is 0 Å². The Hall–Kier alpha value is -1.17. The first-order valence-corrected chi connectivity index (χ1v) is 4.79. The predicted molar refractivity (Wildman–Crippen MR) is 57.8 cm³/mol. The number of anilines is 1. The van der Waals surface area contributed by atoms with Crippen LogP contribution < -0.4 is 11.1 Å². The van der Waals surface area contributed by atoms with E-state index in [0.717, 1.165) is 0 Å². The maximum absolute atomic E-state index is 11.2. The SMILES string of the molecule is NCCOCC(=O)Nc1ccc(Cl)nc1. The van der Waals surface area contributed by atoms with Gasteiger partial charge in [-0.3, -0.25) is 4.79 Å². The monoisotopic (exact) mass is 229 g/mol. The van der Waals surface area contributed by atoms with Crippen molar-refractivity contribution in [2.75, 3.05) is 25.1 Å². The Morgan fingerprint density at radius 2 is 2.40 bits per heavy atom. The molecule has 5 nitrogen and oxygen atoms in total. The number of pyridine rings is 1. The summed E-state index contributed by atoms with van der Waals surface area (Å²) in [5, 5.41) is 2.98. The number of aromatic nitrogens is 1. The minimum absolute atomic E-state index is 0.0141. The van der Waals surface area contributed by atoms with E-state index in [1.807, 2.05) is 0 Å². The molecule has 0 fully saturated rings. The molecule has 0 saturated heterocycles. The summed E-state index contributed by atoms with van der Waals surface area (Å²) >= 11 is 5.59. The Morgan fingerprint density at radius 1 is 1.60 bits per heavy atom. The molecule has 0 aromatic carbocycles. The van der Waals surface area contributed by atoms with Crippen LogP contribution in [-0.4, -0.2) is 30.6 Å². The number of nitrogens with two attached hydrogens (primary N) is 1. The van der Waals surface area contributed by atoms with Crippen molar-refractivity contribution in [3.05, 3.63) is 23.5 Å². The molecule has 1 aromatic heterocycles. The van der Waals surface area contributed by atoms with Gasteiger partial charge in [0.15, 0.2) is 0 Å². The number of nitrogens with zero attached hydrogens (tertiary/aromatic N) is 1. The standard InChI is InChI=1S/C9H12ClN3O2/c10-8-2-1-7(5-12-8)13-9(14)6-15-4-3-11/h1-2,5H,3-4,6,11H2,(H,13,14). The number of hydrogen-bond donors (Lipinski definition) is 2. The molecule has 0 aliphatic rings. The molecule has 0 radical (unpaired) electrons. The van der Waals surface area contributed by atoms with Gasteiger partial charge >= 0.3 is 0 Å². The molecule has 1 aromatic rings. The first-order chi connectivity index (χ1) is 7.22. The average molecular weight is 230 g/mol. The summed E-state index contributed by atoms with van der Waals surface area (Å²) < 4.78 is 4.96. The lowest BCUT2D eigenvalue weighted by Crippen LogP contribution is -2.20. The van der Waals surface area contributed by atoms with E-state index >= 15 is 0 Å². The zero-order valence-corrected chi connectivity index (χ0v) is 8.83. The van der Waals surface area contributed by atoms with Crippen molar-refractivity contribution >= 4 is 23.2 Å². The van der Waals surface area contributed by atoms with E-state index in [0.29, 0.717) is 24.0 Å². The van der Waals surface area contributed by atoms with Gasteiger partial charge < -0.3 is 15.8 Å². The van der Waals surface area contributed by atoms with Crippen molar-refractivity contribution in [3.8, 4) is 0 Å². The lowest BCUT2D eigenvalue weighted by molar-refractivity contribution is -0.120. The Labute approximate surface area is 92.6 Å². The molecule has 0 aliphatic heterocycles. The van der Waals surface area contributed by atoms with Crippen molar-refractivity contribution < 1.29 is 9.53 Å². The minimum atomic E-state index is -0.243. The predicted octanol–water partition coefficient (Wildman–Crippen LogP) is 0.649. The van der Waals surface area contributed by atoms with E-state index in [4.69, 9.17) is 22.1 Å². The number of amides is 1.